The van der Waals surface area contributed by atoms with Crippen LogP contribution in [-0.2, 0) is 5.88 Å². The molecule has 100 valence electrons. The molecule has 0 saturated carbocycles. The Morgan fingerprint density at radius 3 is 2.32 bits per heavy atom. The van der Waals surface area contributed by atoms with Crippen molar-refractivity contribution in [1.29, 1.82) is 0 Å². The molecule has 2 aromatic carbocycles. The topological polar surface area (TPSA) is 3.24 Å². The van der Waals surface area contributed by atoms with Crippen LogP contribution in [0.5, 0.6) is 0 Å². The first-order chi connectivity index (χ1) is 9.13. The highest BCUT2D eigenvalue weighted by atomic mass is 35.5. The molecule has 1 nitrogen and oxygen atoms in total. The molecule has 0 heterocycles. The first-order valence-corrected chi connectivity index (χ1v) is 6.79. The predicted octanol–water partition coefficient (Wildman–Crippen LogP) is 4.76. The van der Waals surface area contributed by atoms with Crippen LogP contribution >= 0.6 is 11.6 Å². The summed E-state index contributed by atoms with van der Waals surface area (Å²) in [5.41, 5.74) is 2.83. The molecule has 0 fully saturated rings. The smallest absolute Gasteiger partial charge is 0.128 e. The van der Waals surface area contributed by atoms with Gasteiger partial charge in [0, 0.05) is 24.2 Å². The van der Waals surface area contributed by atoms with E-state index in [9.17, 15) is 4.39 Å². The Morgan fingerprint density at radius 2 is 1.74 bits per heavy atom. The third-order valence-electron chi connectivity index (χ3n) is 3.43. The number of rotatable bonds is 4. The van der Waals surface area contributed by atoms with Crippen molar-refractivity contribution in [2.24, 2.45) is 0 Å². The Bertz CT molecular complexity index is 539. The van der Waals surface area contributed by atoms with Gasteiger partial charge in [0.05, 0.1) is 6.04 Å². The van der Waals surface area contributed by atoms with Crippen LogP contribution in [0.1, 0.15) is 24.1 Å². The van der Waals surface area contributed by atoms with Crippen molar-refractivity contribution < 1.29 is 4.39 Å². The lowest BCUT2D eigenvalue weighted by atomic mass is 10.1. The molecule has 0 bridgehead atoms. The second-order valence-electron chi connectivity index (χ2n) is 4.61. The summed E-state index contributed by atoms with van der Waals surface area (Å²) >= 11 is 5.77. The summed E-state index contributed by atoms with van der Waals surface area (Å²) in [6.07, 6.45) is 0. The number of hydrogen-bond acceptors (Lipinski definition) is 1. The van der Waals surface area contributed by atoms with E-state index in [4.69, 9.17) is 11.6 Å². The number of alkyl halides is 1. The van der Waals surface area contributed by atoms with E-state index in [1.165, 1.54) is 6.07 Å². The Hall–Kier alpha value is -1.54. The Kier molecular flexibility index (Phi) is 4.43. The largest absolute Gasteiger partial charge is 0.368 e. The van der Waals surface area contributed by atoms with Crippen LogP contribution < -0.4 is 4.90 Å². The summed E-state index contributed by atoms with van der Waals surface area (Å²) in [7, 11) is 1.97. The molecule has 0 aromatic heterocycles. The number of hydrogen-bond donors (Lipinski definition) is 0. The lowest BCUT2D eigenvalue weighted by Gasteiger charge is -2.27. The molecule has 0 radical (unpaired) electrons. The van der Waals surface area contributed by atoms with Crippen LogP contribution in [-0.4, -0.2) is 7.05 Å². The lowest BCUT2D eigenvalue weighted by molar-refractivity contribution is 0.585. The zero-order chi connectivity index (χ0) is 13.8. The van der Waals surface area contributed by atoms with E-state index in [-0.39, 0.29) is 11.9 Å². The molecule has 1 atom stereocenters. The van der Waals surface area contributed by atoms with E-state index in [0.717, 1.165) is 11.3 Å². The second kappa shape index (κ2) is 6.07. The van der Waals surface area contributed by atoms with E-state index in [1.807, 2.05) is 50.4 Å². The van der Waals surface area contributed by atoms with E-state index in [1.54, 1.807) is 6.07 Å². The first kappa shape index (κ1) is 13.9. The van der Waals surface area contributed by atoms with Crippen LogP contribution in [0.2, 0.25) is 0 Å². The Morgan fingerprint density at radius 1 is 1.11 bits per heavy atom. The van der Waals surface area contributed by atoms with Gasteiger partial charge in [-0.1, -0.05) is 30.3 Å². The van der Waals surface area contributed by atoms with Crippen LogP contribution in [0, 0.1) is 5.82 Å². The van der Waals surface area contributed by atoms with Gasteiger partial charge in [0.25, 0.3) is 0 Å². The minimum atomic E-state index is -0.167. The van der Waals surface area contributed by atoms with E-state index in [2.05, 4.69) is 4.90 Å². The van der Waals surface area contributed by atoms with Gasteiger partial charge in [0.2, 0.25) is 0 Å². The molecule has 0 aliphatic heterocycles. The predicted molar refractivity (Wildman–Crippen MR) is 79.2 cm³/mol. The summed E-state index contributed by atoms with van der Waals surface area (Å²) in [5.74, 6) is 0.339. The van der Waals surface area contributed by atoms with Gasteiger partial charge in [-0.2, -0.15) is 0 Å². The van der Waals surface area contributed by atoms with Gasteiger partial charge >= 0.3 is 0 Å². The first-order valence-electron chi connectivity index (χ1n) is 6.25. The van der Waals surface area contributed by atoms with Crippen molar-refractivity contribution >= 4 is 17.3 Å². The average Bonchev–Trinajstić information content (AvgIpc) is 2.46. The molecule has 0 aliphatic rings. The third kappa shape index (κ3) is 3.07. The van der Waals surface area contributed by atoms with Gasteiger partial charge in [-0.05, 0) is 30.7 Å². The van der Waals surface area contributed by atoms with Gasteiger partial charge in [-0.3, -0.25) is 0 Å². The average molecular weight is 278 g/mol. The molecular weight excluding hydrogens is 261 g/mol. The number of anilines is 1. The normalized spacial score (nSPS) is 12.2. The fourth-order valence-electron chi connectivity index (χ4n) is 2.07. The van der Waals surface area contributed by atoms with Crippen molar-refractivity contribution in [1.82, 2.24) is 0 Å². The third-order valence-corrected chi connectivity index (χ3v) is 3.74. The van der Waals surface area contributed by atoms with E-state index < -0.39 is 0 Å². The zero-order valence-corrected chi connectivity index (χ0v) is 11.9. The minimum absolute atomic E-state index is 0.0250. The van der Waals surface area contributed by atoms with Crippen LogP contribution in [0.4, 0.5) is 10.1 Å². The maximum atomic E-state index is 13.8. The molecule has 0 spiro atoms. The molecule has 2 rings (SSSR count). The van der Waals surface area contributed by atoms with Crippen molar-refractivity contribution in [3.05, 3.63) is 65.5 Å². The highest BCUT2D eigenvalue weighted by Crippen LogP contribution is 2.27. The van der Waals surface area contributed by atoms with E-state index >= 15 is 0 Å². The van der Waals surface area contributed by atoms with Gasteiger partial charge in [-0.25, -0.2) is 4.39 Å². The summed E-state index contributed by atoms with van der Waals surface area (Å²) in [6.45, 7) is 1.99. The SMILES string of the molecule is CC(c1ccccc1F)N(C)c1ccc(CCl)cc1. The van der Waals surface area contributed by atoms with Gasteiger partial charge in [-0.15, -0.1) is 11.6 Å². The Balaban J connectivity index is 2.23. The fourth-order valence-corrected chi connectivity index (χ4v) is 2.24. The summed E-state index contributed by atoms with van der Waals surface area (Å²) in [6, 6.07) is 14.9. The number of nitrogens with zero attached hydrogens (tertiary/aromatic N) is 1. The molecule has 19 heavy (non-hydrogen) atoms. The lowest BCUT2D eigenvalue weighted by Crippen LogP contribution is -2.22. The van der Waals surface area contributed by atoms with Gasteiger partial charge in [0.1, 0.15) is 5.82 Å². The number of benzene rings is 2. The Labute approximate surface area is 118 Å². The number of halogens is 2. The van der Waals surface area contributed by atoms with Crippen molar-refractivity contribution in [2.75, 3.05) is 11.9 Å². The quantitative estimate of drug-likeness (QED) is 0.728. The maximum Gasteiger partial charge on any atom is 0.128 e. The van der Waals surface area contributed by atoms with Crippen LogP contribution in [0.15, 0.2) is 48.5 Å². The molecule has 0 N–H and O–H groups in total. The summed E-state index contributed by atoms with van der Waals surface area (Å²) in [5, 5.41) is 0. The van der Waals surface area contributed by atoms with Gasteiger partial charge < -0.3 is 4.90 Å². The van der Waals surface area contributed by atoms with Crippen molar-refractivity contribution in [3.8, 4) is 0 Å². The molecule has 2 aromatic rings. The standard InChI is InChI=1S/C16H17ClFN/c1-12(15-5-3-4-6-16(15)18)19(2)14-9-7-13(11-17)8-10-14/h3-10,12H,11H2,1-2H3. The minimum Gasteiger partial charge on any atom is -0.368 e. The van der Waals surface area contributed by atoms with E-state index in [0.29, 0.717) is 11.4 Å². The zero-order valence-electron chi connectivity index (χ0n) is 11.1. The monoisotopic (exact) mass is 277 g/mol. The van der Waals surface area contributed by atoms with Gasteiger partial charge in [0.15, 0.2) is 0 Å². The molecular formula is C16H17ClFN. The molecule has 3 heteroatoms. The highest BCUT2D eigenvalue weighted by Gasteiger charge is 2.15. The van der Waals surface area contributed by atoms with Crippen LogP contribution in [0.25, 0.3) is 0 Å². The van der Waals surface area contributed by atoms with Crippen molar-refractivity contribution in [3.63, 3.8) is 0 Å². The molecule has 0 amide bonds. The van der Waals surface area contributed by atoms with Crippen LogP contribution in [0.3, 0.4) is 0 Å². The van der Waals surface area contributed by atoms with Crippen molar-refractivity contribution in [2.45, 2.75) is 18.8 Å². The molecule has 1 unspecified atom stereocenters. The summed E-state index contributed by atoms with van der Waals surface area (Å²) in [4.78, 5) is 2.05. The highest BCUT2D eigenvalue weighted by molar-refractivity contribution is 6.17. The molecule has 0 aliphatic carbocycles. The second-order valence-corrected chi connectivity index (χ2v) is 4.88. The fraction of sp³-hybridized carbons (Fsp3) is 0.250. The maximum absolute atomic E-state index is 13.8. The molecule has 0 saturated heterocycles. The summed E-state index contributed by atoms with van der Waals surface area (Å²) < 4.78 is 13.8.